The fraction of sp³-hybridized carbons (Fsp3) is 0.533. The molecule has 3 rings (SSSR count). The Morgan fingerprint density at radius 3 is 2.62 bits per heavy atom. The second-order valence-corrected chi connectivity index (χ2v) is 5.79. The molecule has 2 atom stereocenters. The second kappa shape index (κ2) is 5.02. The van der Waals surface area contributed by atoms with Crippen molar-refractivity contribution in [2.24, 2.45) is 5.92 Å². The summed E-state index contributed by atoms with van der Waals surface area (Å²) in [5.41, 5.74) is -0.282. The third-order valence-corrected chi connectivity index (χ3v) is 4.09. The highest BCUT2D eigenvalue weighted by Crippen LogP contribution is 2.40. The zero-order valence-electron chi connectivity index (χ0n) is 11.3. The number of aliphatic hydroxyl groups is 1. The van der Waals surface area contributed by atoms with Gasteiger partial charge in [-0.3, -0.25) is 4.79 Å². The Bertz CT molecular complexity index is 554. The Morgan fingerprint density at radius 2 is 2.00 bits per heavy atom. The highest BCUT2D eigenvalue weighted by molar-refractivity contribution is 5.81. The average molecular weight is 299 g/mol. The summed E-state index contributed by atoms with van der Waals surface area (Å²) in [6.45, 7) is 0.205. The van der Waals surface area contributed by atoms with E-state index in [0.29, 0.717) is 12.0 Å². The van der Waals surface area contributed by atoms with E-state index in [-0.39, 0.29) is 18.4 Å². The highest BCUT2D eigenvalue weighted by Gasteiger charge is 2.42. The Morgan fingerprint density at radius 1 is 1.29 bits per heavy atom. The molecule has 1 saturated carbocycles. The van der Waals surface area contributed by atoms with Crippen LogP contribution in [-0.2, 0) is 11.0 Å². The first-order valence-corrected chi connectivity index (χ1v) is 7.02. The SMILES string of the molecule is O=C(C1CC1)N1CC(O)CC1c1cccc(C(F)(F)F)c1. The molecular weight excluding hydrogens is 283 g/mol. The van der Waals surface area contributed by atoms with E-state index >= 15 is 0 Å². The molecule has 1 N–H and O–H groups in total. The molecule has 0 aromatic heterocycles. The normalized spacial score (nSPS) is 26.2. The summed E-state index contributed by atoms with van der Waals surface area (Å²) in [5.74, 6) is -0.0578. The minimum Gasteiger partial charge on any atom is -0.391 e. The molecule has 1 aliphatic carbocycles. The zero-order chi connectivity index (χ0) is 15.2. The second-order valence-electron chi connectivity index (χ2n) is 5.79. The van der Waals surface area contributed by atoms with Crippen LogP contribution < -0.4 is 0 Å². The number of carbonyl (C=O) groups is 1. The number of rotatable bonds is 2. The van der Waals surface area contributed by atoms with Crippen LogP contribution in [0.25, 0.3) is 0 Å². The lowest BCUT2D eigenvalue weighted by Gasteiger charge is -2.25. The molecule has 0 bridgehead atoms. The number of hydrogen-bond acceptors (Lipinski definition) is 2. The van der Waals surface area contributed by atoms with Gasteiger partial charge in [-0.05, 0) is 37.0 Å². The van der Waals surface area contributed by atoms with Gasteiger partial charge in [0.25, 0.3) is 0 Å². The van der Waals surface area contributed by atoms with Crippen LogP contribution in [0.1, 0.15) is 36.4 Å². The van der Waals surface area contributed by atoms with Gasteiger partial charge in [0.1, 0.15) is 0 Å². The minimum atomic E-state index is -4.40. The van der Waals surface area contributed by atoms with Gasteiger partial charge in [-0.1, -0.05) is 12.1 Å². The van der Waals surface area contributed by atoms with Crippen molar-refractivity contribution in [1.29, 1.82) is 0 Å². The monoisotopic (exact) mass is 299 g/mol. The van der Waals surface area contributed by atoms with Crippen LogP contribution in [0.2, 0.25) is 0 Å². The van der Waals surface area contributed by atoms with E-state index in [4.69, 9.17) is 0 Å². The predicted molar refractivity (Wildman–Crippen MR) is 69.2 cm³/mol. The lowest BCUT2D eigenvalue weighted by atomic mass is 10.0. The molecule has 1 amide bonds. The van der Waals surface area contributed by atoms with Gasteiger partial charge in [0.15, 0.2) is 0 Å². The van der Waals surface area contributed by atoms with E-state index in [1.165, 1.54) is 11.0 Å². The summed E-state index contributed by atoms with van der Waals surface area (Å²) in [5, 5.41) is 9.80. The number of likely N-dealkylation sites (tertiary alicyclic amines) is 1. The molecule has 3 nitrogen and oxygen atoms in total. The maximum Gasteiger partial charge on any atom is 0.416 e. The standard InChI is InChI=1S/C15H16F3NO2/c16-15(17,18)11-3-1-2-10(6-11)13-7-12(20)8-19(13)14(21)9-4-5-9/h1-3,6,9,12-13,20H,4-5,7-8H2. The van der Waals surface area contributed by atoms with Crippen LogP contribution >= 0.6 is 0 Å². The van der Waals surface area contributed by atoms with Gasteiger partial charge >= 0.3 is 6.18 Å². The van der Waals surface area contributed by atoms with Crippen molar-refractivity contribution >= 4 is 5.91 Å². The number of amides is 1. The third kappa shape index (κ3) is 2.90. The van der Waals surface area contributed by atoms with Gasteiger partial charge in [0.05, 0.1) is 17.7 Å². The van der Waals surface area contributed by atoms with Crippen LogP contribution in [0.15, 0.2) is 24.3 Å². The maximum atomic E-state index is 12.8. The van der Waals surface area contributed by atoms with Crippen molar-refractivity contribution in [1.82, 2.24) is 4.90 Å². The zero-order valence-corrected chi connectivity index (χ0v) is 11.3. The minimum absolute atomic E-state index is 0.0106. The predicted octanol–water partition coefficient (Wildman–Crippen LogP) is 2.75. The summed E-state index contributed by atoms with van der Waals surface area (Å²) in [6, 6.07) is 4.57. The molecule has 1 saturated heterocycles. The molecule has 1 aromatic rings. The van der Waals surface area contributed by atoms with E-state index in [1.807, 2.05) is 0 Å². The number of aliphatic hydroxyl groups excluding tert-OH is 1. The Balaban J connectivity index is 1.88. The van der Waals surface area contributed by atoms with Crippen LogP contribution in [0.5, 0.6) is 0 Å². The first-order chi connectivity index (χ1) is 9.86. The molecule has 2 aliphatic rings. The van der Waals surface area contributed by atoms with Crippen molar-refractivity contribution in [3.63, 3.8) is 0 Å². The van der Waals surface area contributed by atoms with E-state index in [0.717, 1.165) is 25.0 Å². The lowest BCUT2D eigenvalue weighted by Crippen LogP contribution is -2.33. The summed E-state index contributed by atoms with van der Waals surface area (Å²) in [6.07, 6.45) is -3.12. The van der Waals surface area contributed by atoms with Gasteiger partial charge in [0, 0.05) is 12.5 Å². The Labute approximate surface area is 120 Å². The third-order valence-electron chi connectivity index (χ3n) is 4.09. The number of nitrogens with zero attached hydrogens (tertiary/aromatic N) is 1. The fourth-order valence-electron chi connectivity index (χ4n) is 2.86. The highest BCUT2D eigenvalue weighted by atomic mass is 19.4. The molecule has 2 fully saturated rings. The first kappa shape index (κ1) is 14.4. The van der Waals surface area contributed by atoms with Gasteiger partial charge < -0.3 is 10.0 Å². The number of hydrogen-bond donors (Lipinski definition) is 1. The smallest absolute Gasteiger partial charge is 0.391 e. The fourth-order valence-corrected chi connectivity index (χ4v) is 2.86. The number of alkyl halides is 3. The van der Waals surface area contributed by atoms with Gasteiger partial charge in [-0.15, -0.1) is 0 Å². The maximum absolute atomic E-state index is 12.8. The molecule has 114 valence electrons. The van der Waals surface area contributed by atoms with Gasteiger partial charge in [-0.25, -0.2) is 0 Å². The summed E-state index contributed by atoms with van der Waals surface area (Å²) in [7, 11) is 0. The molecule has 2 unspecified atom stereocenters. The van der Waals surface area contributed by atoms with Crippen molar-refractivity contribution in [3.8, 4) is 0 Å². The van der Waals surface area contributed by atoms with Crippen molar-refractivity contribution in [3.05, 3.63) is 35.4 Å². The molecule has 0 spiro atoms. The molecule has 0 radical (unpaired) electrons. The van der Waals surface area contributed by atoms with E-state index < -0.39 is 23.9 Å². The first-order valence-electron chi connectivity index (χ1n) is 7.02. The van der Waals surface area contributed by atoms with E-state index in [1.54, 1.807) is 6.07 Å². The van der Waals surface area contributed by atoms with Crippen LogP contribution in [0, 0.1) is 5.92 Å². The summed E-state index contributed by atoms with van der Waals surface area (Å²) >= 11 is 0. The van der Waals surface area contributed by atoms with Crippen molar-refractivity contribution in [2.45, 2.75) is 37.6 Å². The number of carbonyl (C=O) groups excluding carboxylic acids is 1. The molecule has 1 aliphatic heterocycles. The molecular formula is C15H16F3NO2. The lowest BCUT2D eigenvalue weighted by molar-refractivity contribution is -0.137. The molecule has 1 aromatic carbocycles. The van der Waals surface area contributed by atoms with Crippen LogP contribution in [0.3, 0.4) is 0 Å². The molecule has 21 heavy (non-hydrogen) atoms. The van der Waals surface area contributed by atoms with Crippen molar-refractivity contribution < 1.29 is 23.1 Å². The Kier molecular flexibility index (Phi) is 3.43. The number of benzene rings is 1. The number of β-amino-alcohol motifs (C(OH)–C–C–N with tert-alkyl or cyclic N) is 1. The molecule has 6 heteroatoms. The van der Waals surface area contributed by atoms with Gasteiger partial charge in [0.2, 0.25) is 5.91 Å². The largest absolute Gasteiger partial charge is 0.416 e. The van der Waals surface area contributed by atoms with E-state index in [2.05, 4.69) is 0 Å². The van der Waals surface area contributed by atoms with Gasteiger partial charge in [-0.2, -0.15) is 13.2 Å². The topological polar surface area (TPSA) is 40.5 Å². The van der Waals surface area contributed by atoms with Crippen molar-refractivity contribution in [2.75, 3.05) is 6.54 Å². The van der Waals surface area contributed by atoms with E-state index in [9.17, 15) is 23.1 Å². The Hall–Kier alpha value is -1.56. The summed E-state index contributed by atoms with van der Waals surface area (Å²) < 4.78 is 38.4. The van der Waals surface area contributed by atoms with Crippen LogP contribution in [-0.4, -0.2) is 28.6 Å². The quantitative estimate of drug-likeness (QED) is 0.912. The average Bonchev–Trinajstić information content (AvgIpc) is 3.20. The number of halogens is 3. The summed E-state index contributed by atoms with van der Waals surface area (Å²) in [4.78, 5) is 13.8. The van der Waals surface area contributed by atoms with Crippen LogP contribution in [0.4, 0.5) is 13.2 Å². The molecule has 1 heterocycles.